The zero-order valence-corrected chi connectivity index (χ0v) is 11.6. The maximum Gasteiger partial charge on any atom is 0.338 e. The van der Waals surface area contributed by atoms with E-state index in [4.69, 9.17) is 4.74 Å². The first kappa shape index (κ1) is 14.6. The monoisotopic (exact) mass is 250 g/mol. The van der Waals surface area contributed by atoms with Crippen molar-refractivity contribution >= 4 is 5.97 Å². The molecule has 0 amide bonds. The molecule has 0 spiro atoms. The first-order chi connectivity index (χ1) is 8.36. The topological polar surface area (TPSA) is 46.5 Å². The van der Waals surface area contributed by atoms with Crippen LogP contribution in [0.3, 0.4) is 0 Å². The summed E-state index contributed by atoms with van der Waals surface area (Å²) < 4.78 is 5.56. The predicted octanol–water partition coefficient (Wildman–Crippen LogP) is 3.76. The lowest BCUT2D eigenvalue weighted by Gasteiger charge is -2.31. The summed E-state index contributed by atoms with van der Waals surface area (Å²) in [4.78, 5) is 12.0. The van der Waals surface area contributed by atoms with Crippen molar-refractivity contribution in [3.8, 4) is 5.75 Å². The van der Waals surface area contributed by atoms with Gasteiger partial charge < -0.3 is 9.84 Å². The van der Waals surface area contributed by atoms with Crippen LogP contribution >= 0.6 is 0 Å². The Balaban J connectivity index is 2.71. The smallest absolute Gasteiger partial charge is 0.338 e. The molecule has 0 saturated heterocycles. The molecule has 0 fully saturated rings. The Kier molecular flexibility index (Phi) is 4.76. The second-order valence-electron chi connectivity index (χ2n) is 5.23. The van der Waals surface area contributed by atoms with Crippen molar-refractivity contribution < 1.29 is 14.6 Å². The fraction of sp³-hybridized carbons (Fsp3) is 0.533. The van der Waals surface area contributed by atoms with Gasteiger partial charge in [0, 0.05) is 0 Å². The SMILES string of the molecule is CCC[C@@H](C)C(C)(C)OC(=O)c1ccc(O)cc1. The molecular weight excluding hydrogens is 228 g/mol. The average Bonchev–Trinajstić information content (AvgIpc) is 2.29. The number of esters is 1. The highest BCUT2D eigenvalue weighted by atomic mass is 16.6. The van der Waals surface area contributed by atoms with E-state index in [1.54, 1.807) is 12.1 Å². The lowest BCUT2D eigenvalue weighted by Crippen LogP contribution is -2.35. The van der Waals surface area contributed by atoms with E-state index in [2.05, 4.69) is 13.8 Å². The Morgan fingerprint density at radius 3 is 2.39 bits per heavy atom. The van der Waals surface area contributed by atoms with Crippen LogP contribution in [-0.4, -0.2) is 16.7 Å². The van der Waals surface area contributed by atoms with Gasteiger partial charge in [-0.15, -0.1) is 0 Å². The van der Waals surface area contributed by atoms with Crippen LogP contribution in [0.4, 0.5) is 0 Å². The van der Waals surface area contributed by atoms with Gasteiger partial charge in [-0.2, -0.15) is 0 Å². The summed E-state index contributed by atoms with van der Waals surface area (Å²) in [5.41, 5.74) is -0.0186. The molecule has 100 valence electrons. The van der Waals surface area contributed by atoms with E-state index in [1.165, 1.54) is 12.1 Å². The number of aromatic hydroxyl groups is 1. The number of hydrogen-bond donors (Lipinski definition) is 1. The first-order valence-electron chi connectivity index (χ1n) is 6.39. The molecule has 1 atom stereocenters. The largest absolute Gasteiger partial charge is 0.508 e. The molecule has 0 radical (unpaired) electrons. The number of hydrogen-bond acceptors (Lipinski definition) is 3. The normalized spacial score (nSPS) is 13.1. The number of rotatable bonds is 5. The summed E-state index contributed by atoms with van der Waals surface area (Å²) in [6.45, 7) is 8.08. The Hall–Kier alpha value is -1.51. The van der Waals surface area contributed by atoms with Crippen LogP contribution in [0.2, 0.25) is 0 Å². The van der Waals surface area contributed by atoms with Gasteiger partial charge in [0.15, 0.2) is 0 Å². The third-order valence-corrected chi connectivity index (χ3v) is 3.37. The highest BCUT2D eigenvalue weighted by molar-refractivity contribution is 5.89. The van der Waals surface area contributed by atoms with Gasteiger partial charge in [0.05, 0.1) is 5.56 Å². The number of phenols is 1. The van der Waals surface area contributed by atoms with Crippen molar-refractivity contribution in [3.63, 3.8) is 0 Å². The standard InChI is InChI=1S/C15H22O3/c1-5-6-11(2)15(3,4)18-14(17)12-7-9-13(16)10-8-12/h7-11,16H,5-6H2,1-4H3/t11-/m1/s1. The van der Waals surface area contributed by atoms with Gasteiger partial charge in [0.25, 0.3) is 0 Å². The maximum atomic E-state index is 12.0. The molecule has 0 aromatic heterocycles. The van der Waals surface area contributed by atoms with Crippen LogP contribution in [0.5, 0.6) is 5.75 Å². The van der Waals surface area contributed by atoms with Crippen LogP contribution in [0.1, 0.15) is 50.9 Å². The zero-order valence-electron chi connectivity index (χ0n) is 11.6. The number of carbonyl (C=O) groups is 1. The summed E-state index contributed by atoms with van der Waals surface area (Å²) in [6, 6.07) is 6.11. The second-order valence-corrected chi connectivity index (χ2v) is 5.23. The highest BCUT2D eigenvalue weighted by Crippen LogP contribution is 2.26. The molecule has 0 aliphatic rings. The van der Waals surface area contributed by atoms with Gasteiger partial charge in [0.2, 0.25) is 0 Å². The second kappa shape index (κ2) is 5.89. The lowest BCUT2D eigenvalue weighted by atomic mass is 9.89. The van der Waals surface area contributed by atoms with E-state index in [9.17, 15) is 9.90 Å². The van der Waals surface area contributed by atoms with E-state index < -0.39 is 5.60 Å². The molecule has 1 N–H and O–H groups in total. The summed E-state index contributed by atoms with van der Waals surface area (Å²) in [5, 5.41) is 9.18. The number of ether oxygens (including phenoxy) is 1. The van der Waals surface area contributed by atoms with Crippen molar-refractivity contribution in [2.45, 2.75) is 46.1 Å². The quantitative estimate of drug-likeness (QED) is 0.809. The molecule has 1 aromatic carbocycles. The van der Waals surface area contributed by atoms with Crippen molar-refractivity contribution in [2.24, 2.45) is 5.92 Å². The van der Waals surface area contributed by atoms with E-state index in [-0.39, 0.29) is 11.7 Å². The fourth-order valence-electron chi connectivity index (χ4n) is 1.78. The van der Waals surface area contributed by atoms with Gasteiger partial charge >= 0.3 is 5.97 Å². The number of phenolic OH excluding ortho intramolecular Hbond substituents is 1. The van der Waals surface area contributed by atoms with Crippen molar-refractivity contribution in [1.29, 1.82) is 0 Å². The molecule has 0 saturated carbocycles. The Morgan fingerprint density at radius 2 is 1.89 bits per heavy atom. The van der Waals surface area contributed by atoms with Gasteiger partial charge in [-0.3, -0.25) is 0 Å². The van der Waals surface area contributed by atoms with Crippen molar-refractivity contribution in [3.05, 3.63) is 29.8 Å². The summed E-state index contributed by atoms with van der Waals surface area (Å²) in [6.07, 6.45) is 2.09. The van der Waals surface area contributed by atoms with Crippen LogP contribution in [-0.2, 0) is 4.74 Å². The molecule has 0 unspecified atom stereocenters. The Bertz CT molecular complexity index is 393. The van der Waals surface area contributed by atoms with Crippen LogP contribution in [0.15, 0.2) is 24.3 Å². The van der Waals surface area contributed by atoms with Crippen LogP contribution < -0.4 is 0 Å². The molecule has 0 heterocycles. The Labute approximate surface area is 109 Å². The third kappa shape index (κ3) is 3.76. The summed E-state index contributed by atoms with van der Waals surface area (Å²) in [7, 11) is 0. The van der Waals surface area contributed by atoms with E-state index >= 15 is 0 Å². The molecule has 18 heavy (non-hydrogen) atoms. The van der Waals surface area contributed by atoms with Gasteiger partial charge in [0.1, 0.15) is 11.4 Å². The molecule has 1 rings (SSSR count). The molecule has 3 heteroatoms. The summed E-state index contributed by atoms with van der Waals surface area (Å²) >= 11 is 0. The molecule has 0 bridgehead atoms. The Morgan fingerprint density at radius 1 is 1.33 bits per heavy atom. The molecule has 0 aliphatic carbocycles. The maximum absolute atomic E-state index is 12.0. The van der Waals surface area contributed by atoms with Crippen molar-refractivity contribution in [2.75, 3.05) is 0 Å². The highest BCUT2D eigenvalue weighted by Gasteiger charge is 2.29. The minimum atomic E-state index is -0.481. The first-order valence-corrected chi connectivity index (χ1v) is 6.39. The molecule has 3 nitrogen and oxygen atoms in total. The number of carbonyl (C=O) groups excluding carboxylic acids is 1. The fourth-order valence-corrected chi connectivity index (χ4v) is 1.78. The minimum absolute atomic E-state index is 0.144. The molecule has 1 aromatic rings. The molecular formula is C15H22O3. The molecule has 0 aliphatic heterocycles. The van der Waals surface area contributed by atoms with E-state index in [0.717, 1.165) is 12.8 Å². The third-order valence-electron chi connectivity index (χ3n) is 3.37. The van der Waals surface area contributed by atoms with E-state index in [0.29, 0.717) is 11.5 Å². The van der Waals surface area contributed by atoms with E-state index in [1.807, 2.05) is 13.8 Å². The van der Waals surface area contributed by atoms with Crippen molar-refractivity contribution in [1.82, 2.24) is 0 Å². The number of benzene rings is 1. The predicted molar refractivity (Wildman–Crippen MR) is 71.7 cm³/mol. The van der Waals surface area contributed by atoms with Gasteiger partial charge in [-0.25, -0.2) is 4.79 Å². The van der Waals surface area contributed by atoms with Gasteiger partial charge in [-0.05, 0) is 50.5 Å². The summed E-state index contributed by atoms with van der Waals surface area (Å²) in [5.74, 6) is 0.108. The zero-order chi connectivity index (χ0) is 13.8. The average molecular weight is 250 g/mol. The minimum Gasteiger partial charge on any atom is -0.508 e. The lowest BCUT2D eigenvalue weighted by molar-refractivity contribution is -0.0279. The van der Waals surface area contributed by atoms with Gasteiger partial charge in [-0.1, -0.05) is 20.3 Å². The van der Waals surface area contributed by atoms with Crippen LogP contribution in [0.25, 0.3) is 0 Å². The van der Waals surface area contributed by atoms with Crippen LogP contribution in [0, 0.1) is 5.92 Å².